The number of aryl methyl sites for hydroxylation is 1. The van der Waals surface area contributed by atoms with Crippen LogP contribution in [0.5, 0.6) is 0 Å². The lowest BCUT2D eigenvalue weighted by molar-refractivity contribution is -0.135. The molecule has 3 heterocycles. The van der Waals surface area contributed by atoms with Gasteiger partial charge in [0.2, 0.25) is 5.91 Å². The zero-order valence-corrected chi connectivity index (χ0v) is 14.9. The standard InChI is InChI=1S/C19H23N3O3/c1-13(2)18(23)21-8-10-22(11-9-21)19(24)15-6-7-16(20-14(15)3)17-5-4-12-25-17/h4-7,12-13H,8-11H2,1-3H3. The van der Waals surface area contributed by atoms with Crippen LogP contribution in [0.3, 0.4) is 0 Å². The number of aromatic nitrogens is 1. The molecule has 0 atom stereocenters. The number of amides is 2. The lowest BCUT2D eigenvalue weighted by atomic mass is 10.1. The average Bonchev–Trinajstić information content (AvgIpc) is 3.15. The van der Waals surface area contributed by atoms with Gasteiger partial charge in [0.1, 0.15) is 5.69 Å². The van der Waals surface area contributed by atoms with E-state index in [2.05, 4.69) is 4.98 Å². The number of pyridine rings is 1. The molecule has 1 fully saturated rings. The predicted molar refractivity (Wildman–Crippen MR) is 94.0 cm³/mol. The first kappa shape index (κ1) is 17.2. The molecule has 6 nitrogen and oxygen atoms in total. The molecule has 0 N–H and O–H groups in total. The van der Waals surface area contributed by atoms with Crippen LogP contribution in [-0.4, -0.2) is 52.8 Å². The Balaban J connectivity index is 1.69. The number of hydrogen-bond acceptors (Lipinski definition) is 4. The van der Waals surface area contributed by atoms with Crippen molar-refractivity contribution in [2.75, 3.05) is 26.2 Å². The number of nitrogens with zero attached hydrogens (tertiary/aromatic N) is 3. The molecule has 25 heavy (non-hydrogen) atoms. The zero-order valence-electron chi connectivity index (χ0n) is 14.9. The van der Waals surface area contributed by atoms with Crippen molar-refractivity contribution in [3.63, 3.8) is 0 Å². The van der Waals surface area contributed by atoms with E-state index in [-0.39, 0.29) is 17.7 Å². The second-order valence-corrected chi connectivity index (χ2v) is 6.58. The van der Waals surface area contributed by atoms with Crippen molar-refractivity contribution in [1.82, 2.24) is 14.8 Å². The lowest BCUT2D eigenvalue weighted by Crippen LogP contribution is -2.51. The van der Waals surface area contributed by atoms with Gasteiger partial charge in [-0.15, -0.1) is 0 Å². The van der Waals surface area contributed by atoms with Crippen molar-refractivity contribution in [3.05, 3.63) is 41.8 Å². The van der Waals surface area contributed by atoms with Crippen molar-refractivity contribution in [3.8, 4) is 11.5 Å². The van der Waals surface area contributed by atoms with Crippen molar-refractivity contribution < 1.29 is 14.0 Å². The summed E-state index contributed by atoms with van der Waals surface area (Å²) in [5.74, 6) is 0.783. The van der Waals surface area contributed by atoms with Crippen molar-refractivity contribution in [2.45, 2.75) is 20.8 Å². The Labute approximate surface area is 147 Å². The highest BCUT2D eigenvalue weighted by Gasteiger charge is 2.26. The largest absolute Gasteiger partial charge is 0.463 e. The van der Waals surface area contributed by atoms with Crippen LogP contribution in [0.25, 0.3) is 11.5 Å². The Morgan fingerprint density at radius 1 is 1.08 bits per heavy atom. The van der Waals surface area contributed by atoms with Crippen LogP contribution in [0.4, 0.5) is 0 Å². The number of carbonyl (C=O) groups is 2. The summed E-state index contributed by atoms with van der Waals surface area (Å²) in [5.41, 5.74) is 1.99. The summed E-state index contributed by atoms with van der Waals surface area (Å²) in [5, 5.41) is 0. The molecule has 0 bridgehead atoms. The highest BCUT2D eigenvalue weighted by atomic mass is 16.3. The van der Waals surface area contributed by atoms with Gasteiger partial charge in [0, 0.05) is 32.1 Å². The second-order valence-electron chi connectivity index (χ2n) is 6.58. The molecule has 0 saturated carbocycles. The van der Waals surface area contributed by atoms with E-state index in [0.717, 1.165) is 0 Å². The molecule has 2 aromatic heterocycles. The molecular weight excluding hydrogens is 318 g/mol. The van der Waals surface area contributed by atoms with Crippen LogP contribution in [0.15, 0.2) is 34.9 Å². The molecule has 6 heteroatoms. The Bertz CT molecular complexity index is 760. The van der Waals surface area contributed by atoms with Gasteiger partial charge >= 0.3 is 0 Å². The molecule has 0 aromatic carbocycles. The van der Waals surface area contributed by atoms with Crippen LogP contribution in [0.1, 0.15) is 29.9 Å². The summed E-state index contributed by atoms with van der Waals surface area (Å²) >= 11 is 0. The van der Waals surface area contributed by atoms with E-state index < -0.39 is 0 Å². The maximum atomic E-state index is 12.8. The predicted octanol–water partition coefficient (Wildman–Crippen LogP) is 2.59. The Hall–Kier alpha value is -2.63. The fourth-order valence-corrected chi connectivity index (χ4v) is 3.01. The van der Waals surface area contributed by atoms with Crippen molar-refractivity contribution >= 4 is 11.8 Å². The van der Waals surface area contributed by atoms with E-state index in [1.807, 2.05) is 37.8 Å². The van der Waals surface area contributed by atoms with E-state index >= 15 is 0 Å². The van der Waals surface area contributed by atoms with Crippen LogP contribution < -0.4 is 0 Å². The molecular formula is C19H23N3O3. The highest BCUT2D eigenvalue weighted by Crippen LogP contribution is 2.20. The minimum atomic E-state index is -0.0346. The number of furan rings is 1. The van der Waals surface area contributed by atoms with Crippen molar-refractivity contribution in [2.24, 2.45) is 5.92 Å². The molecule has 1 aliphatic heterocycles. The average molecular weight is 341 g/mol. The summed E-state index contributed by atoms with van der Waals surface area (Å²) < 4.78 is 5.35. The Kier molecular flexibility index (Phi) is 4.88. The SMILES string of the molecule is Cc1nc(-c2ccco2)ccc1C(=O)N1CCN(C(=O)C(C)C)CC1. The summed E-state index contributed by atoms with van der Waals surface area (Å²) in [6, 6.07) is 7.25. The van der Waals surface area contributed by atoms with Gasteiger partial charge in [-0.25, -0.2) is 4.98 Å². The Morgan fingerprint density at radius 3 is 2.32 bits per heavy atom. The van der Waals surface area contributed by atoms with Gasteiger partial charge in [-0.1, -0.05) is 13.8 Å². The fourth-order valence-electron chi connectivity index (χ4n) is 3.01. The van der Waals surface area contributed by atoms with Crippen LogP contribution in [0, 0.1) is 12.8 Å². The Morgan fingerprint density at radius 2 is 1.76 bits per heavy atom. The molecule has 0 aliphatic carbocycles. The first-order chi connectivity index (χ1) is 12.0. The van der Waals surface area contributed by atoms with Crippen molar-refractivity contribution in [1.29, 1.82) is 0 Å². The van der Waals surface area contributed by atoms with E-state index in [4.69, 9.17) is 4.42 Å². The maximum absolute atomic E-state index is 12.8. The van der Waals surface area contributed by atoms with Gasteiger partial charge in [-0.2, -0.15) is 0 Å². The topological polar surface area (TPSA) is 66.7 Å². The quantitative estimate of drug-likeness (QED) is 0.861. The molecule has 1 aliphatic rings. The van der Waals surface area contributed by atoms with Crippen LogP contribution >= 0.6 is 0 Å². The summed E-state index contributed by atoms with van der Waals surface area (Å²) in [6.45, 7) is 7.90. The third-order valence-electron chi connectivity index (χ3n) is 4.46. The van der Waals surface area contributed by atoms with E-state index in [0.29, 0.717) is 48.9 Å². The molecule has 2 aromatic rings. The number of piperazine rings is 1. The minimum absolute atomic E-state index is 0.0113. The molecule has 1 saturated heterocycles. The highest BCUT2D eigenvalue weighted by molar-refractivity contribution is 5.95. The second kappa shape index (κ2) is 7.09. The van der Waals surface area contributed by atoms with Gasteiger partial charge in [-0.05, 0) is 31.2 Å². The monoisotopic (exact) mass is 341 g/mol. The smallest absolute Gasteiger partial charge is 0.255 e. The molecule has 0 unspecified atom stereocenters. The first-order valence-corrected chi connectivity index (χ1v) is 8.57. The molecule has 0 radical (unpaired) electrons. The number of rotatable bonds is 3. The normalized spacial score (nSPS) is 14.9. The third kappa shape index (κ3) is 3.57. The van der Waals surface area contributed by atoms with Gasteiger partial charge in [-0.3, -0.25) is 9.59 Å². The third-order valence-corrected chi connectivity index (χ3v) is 4.46. The van der Waals surface area contributed by atoms with Crippen LogP contribution in [-0.2, 0) is 4.79 Å². The first-order valence-electron chi connectivity index (χ1n) is 8.57. The molecule has 3 rings (SSSR count). The fraction of sp³-hybridized carbons (Fsp3) is 0.421. The number of carbonyl (C=O) groups excluding carboxylic acids is 2. The molecule has 2 amide bonds. The number of hydrogen-bond donors (Lipinski definition) is 0. The zero-order chi connectivity index (χ0) is 18.0. The minimum Gasteiger partial charge on any atom is -0.463 e. The summed E-state index contributed by atoms with van der Waals surface area (Å²) in [7, 11) is 0. The van der Waals surface area contributed by atoms with E-state index in [9.17, 15) is 9.59 Å². The summed E-state index contributed by atoms with van der Waals surface area (Å²) in [4.78, 5) is 33.0. The van der Waals surface area contributed by atoms with E-state index in [1.165, 1.54) is 0 Å². The van der Waals surface area contributed by atoms with Gasteiger partial charge in [0.05, 0.1) is 17.5 Å². The maximum Gasteiger partial charge on any atom is 0.255 e. The van der Waals surface area contributed by atoms with Crippen LogP contribution in [0.2, 0.25) is 0 Å². The van der Waals surface area contributed by atoms with Gasteiger partial charge < -0.3 is 14.2 Å². The lowest BCUT2D eigenvalue weighted by Gasteiger charge is -2.35. The molecule has 0 spiro atoms. The van der Waals surface area contributed by atoms with Gasteiger partial charge in [0.15, 0.2) is 5.76 Å². The van der Waals surface area contributed by atoms with E-state index in [1.54, 1.807) is 23.3 Å². The summed E-state index contributed by atoms with van der Waals surface area (Å²) in [6.07, 6.45) is 1.60. The van der Waals surface area contributed by atoms with Gasteiger partial charge in [0.25, 0.3) is 5.91 Å². The molecule has 132 valence electrons.